The second-order valence-electron chi connectivity index (χ2n) is 5.20. The zero-order chi connectivity index (χ0) is 16.5. The number of rotatable bonds is 7. The first kappa shape index (κ1) is 16.7. The Morgan fingerprint density at radius 3 is 2.22 bits per heavy atom. The van der Waals surface area contributed by atoms with Crippen molar-refractivity contribution in [2.45, 2.75) is 25.8 Å². The lowest BCUT2D eigenvalue weighted by Crippen LogP contribution is -2.35. The largest absolute Gasteiger partial charge is 0.464 e. The van der Waals surface area contributed by atoms with Crippen LogP contribution in [-0.4, -0.2) is 18.5 Å². The number of amides is 1. The van der Waals surface area contributed by atoms with E-state index in [2.05, 4.69) is 5.32 Å². The lowest BCUT2D eigenvalue weighted by atomic mass is 10.1. The molecule has 0 aromatic heterocycles. The Hall–Kier alpha value is -2.62. The molecule has 0 aliphatic carbocycles. The van der Waals surface area contributed by atoms with Crippen molar-refractivity contribution in [3.8, 4) is 0 Å². The van der Waals surface area contributed by atoms with Crippen LogP contribution in [0.25, 0.3) is 0 Å². The molecule has 23 heavy (non-hydrogen) atoms. The van der Waals surface area contributed by atoms with E-state index in [9.17, 15) is 9.59 Å². The second kappa shape index (κ2) is 8.73. The molecule has 0 aliphatic rings. The molecule has 2 aromatic carbocycles. The molecule has 120 valence electrons. The molecule has 1 amide bonds. The van der Waals surface area contributed by atoms with Crippen molar-refractivity contribution in [2.75, 3.05) is 6.61 Å². The average molecular weight is 311 g/mol. The summed E-state index contributed by atoms with van der Waals surface area (Å²) >= 11 is 0. The normalized spacial score (nSPS) is 11.5. The Morgan fingerprint density at radius 1 is 1.00 bits per heavy atom. The molecule has 0 fully saturated rings. The molecule has 0 saturated heterocycles. The zero-order valence-electron chi connectivity index (χ0n) is 13.2. The molecular weight excluding hydrogens is 290 g/mol. The summed E-state index contributed by atoms with van der Waals surface area (Å²) in [5, 5.41) is 2.76. The van der Waals surface area contributed by atoms with Gasteiger partial charge in [-0.3, -0.25) is 4.79 Å². The Balaban J connectivity index is 2.13. The Kier molecular flexibility index (Phi) is 6.36. The fraction of sp³-hybridized carbons (Fsp3) is 0.263. The molecule has 1 atom stereocenters. The third-order valence-electron chi connectivity index (χ3n) is 3.42. The van der Waals surface area contributed by atoms with E-state index in [1.54, 1.807) is 36.4 Å². The number of hydrogen-bond donors (Lipinski definition) is 1. The molecule has 4 nitrogen and oxygen atoms in total. The predicted octanol–water partition coefficient (Wildman–Crippen LogP) is 3.50. The van der Waals surface area contributed by atoms with Crippen LogP contribution in [0.2, 0.25) is 0 Å². The van der Waals surface area contributed by atoms with E-state index in [0.717, 1.165) is 12.8 Å². The average Bonchev–Trinajstić information content (AvgIpc) is 2.61. The number of nitrogens with one attached hydrogen (secondary N) is 1. The van der Waals surface area contributed by atoms with Gasteiger partial charge in [-0.2, -0.15) is 0 Å². The van der Waals surface area contributed by atoms with Crippen molar-refractivity contribution < 1.29 is 14.3 Å². The first-order valence-corrected chi connectivity index (χ1v) is 7.80. The van der Waals surface area contributed by atoms with Gasteiger partial charge in [-0.1, -0.05) is 61.9 Å². The van der Waals surface area contributed by atoms with E-state index in [1.165, 1.54) is 0 Å². The van der Waals surface area contributed by atoms with Gasteiger partial charge in [-0.15, -0.1) is 0 Å². The highest BCUT2D eigenvalue weighted by Crippen LogP contribution is 2.16. The van der Waals surface area contributed by atoms with Gasteiger partial charge in [-0.05, 0) is 24.1 Å². The Bertz CT molecular complexity index is 626. The lowest BCUT2D eigenvalue weighted by Gasteiger charge is -2.18. The van der Waals surface area contributed by atoms with E-state index in [0.29, 0.717) is 17.7 Å². The molecule has 0 radical (unpaired) electrons. The summed E-state index contributed by atoms with van der Waals surface area (Å²) in [6.45, 7) is 2.39. The van der Waals surface area contributed by atoms with E-state index in [1.807, 2.05) is 31.2 Å². The third kappa shape index (κ3) is 4.95. The quantitative estimate of drug-likeness (QED) is 0.629. The summed E-state index contributed by atoms with van der Waals surface area (Å²) in [5.74, 6) is -0.735. The van der Waals surface area contributed by atoms with Gasteiger partial charge in [0.1, 0.15) is 0 Å². The predicted molar refractivity (Wildman–Crippen MR) is 89.0 cm³/mol. The monoisotopic (exact) mass is 311 g/mol. The standard InChI is InChI=1S/C19H21NO3/c1-2-3-14-23-19(22)17(15-10-6-4-7-11-15)20-18(21)16-12-8-5-9-13-16/h4-13,17H,2-3,14H2,1H3,(H,20,21)/t17-/m0/s1. The Labute approximate surface area is 136 Å². The number of carbonyl (C=O) groups is 2. The van der Waals surface area contributed by atoms with E-state index < -0.39 is 12.0 Å². The van der Waals surface area contributed by atoms with Crippen molar-refractivity contribution in [1.29, 1.82) is 0 Å². The van der Waals surface area contributed by atoms with Gasteiger partial charge in [0.2, 0.25) is 0 Å². The molecule has 4 heteroatoms. The molecule has 0 bridgehead atoms. The summed E-state index contributed by atoms with van der Waals surface area (Å²) in [5.41, 5.74) is 1.22. The van der Waals surface area contributed by atoms with Gasteiger partial charge >= 0.3 is 5.97 Å². The number of esters is 1. The van der Waals surface area contributed by atoms with Crippen LogP contribution in [-0.2, 0) is 9.53 Å². The topological polar surface area (TPSA) is 55.4 Å². The maximum absolute atomic E-state index is 12.3. The summed E-state index contributed by atoms with van der Waals surface area (Å²) in [4.78, 5) is 24.7. The summed E-state index contributed by atoms with van der Waals surface area (Å²) in [7, 11) is 0. The van der Waals surface area contributed by atoms with Crippen LogP contribution in [0.1, 0.15) is 41.7 Å². The highest BCUT2D eigenvalue weighted by Gasteiger charge is 2.24. The number of hydrogen-bond acceptors (Lipinski definition) is 3. The molecular formula is C19H21NO3. The van der Waals surface area contributed by atoms with Crippen LogP contribution in [0.15, 0.2) is 60.7 Å². The molecule has 2 aromatic rings. The Morgan fingerprint density at radius 2 is 1.61 bits per heavy atom. The fourth-order valence-electron chi connectivity index (χ4n) is 2.13. The van der Waals surface area contributed by atoms with Crippen LogP contribution in [0.5, 0.6) is 0 Å². The summed E-state index contributed by atoms with van der Waals surface area (Å²) in [6, 6.07) is 17.1. The minimum atomic E-state index is -0.805. The number of benzene rings is 2. The number of carbonyl (C=O) groups excluding carboxylic acids is 2. The van der Waals surface area contributed by atoms with Gasteiger partial charge in [0.25, 0.3) is 5.91 Å². The van der Waals surface area contributed by atoms with Crippen molar-refractivity contribution >= 4 is 11.9 Å². The van der Waals surface area contributed by atoms with Crippen molar-refractivity contribution in [3.63, 3.8) is 0 Å². The minimum Gasteiger partial charge on any atom is -0.464 e. The third-order valence-corrected chi connectivity index (χ3v) is 3.42. The number of ether oxygens (including phenoxy) is 1. The molecule has 0 saturated carbocycles. The number of unbranched alkanes of at least 4 members (excludes halogenated alkanes) is 1. The van der Waals surface area contributed by atoms with Crippen molar-refractivity contribution in [2.24, 2.45) is 0 Å². The smallest absolute Gasteiger partial charge is 0.333 e. The highest BCUT2D eigenvalue weighted by molar-refractivity contribution is 5.97. The molecule has 0 heterocycles. The van der Waals surface area contributed by atoms with Crippen molar-refractivity contribution in [1.82, 2.24) is 5.32 Å². The van der Waals surface area contributed by atoms with Crippen LogP contribution >= 0.6 is 0 Å². The molecule has 0 aliphatic heterocycles. The fourth-order valence-corrected chi connectivity index (χ4v) is 2.13. The molecule has 0 spiro atoms. The SMILES string of the molecule is CCCCOC(=O)[C@@H](NC(=O)c1ccccc1)c1ccccc1. The van der Waals surface area contributed by atoms with Crippen LogP contribution < -0.4 is 5.32 Å². The first-order valence-electron chi connectivity index (χ1n) is 7.80. The van der Waals surface area contributed by atoms with Gasteiger partial charge in [0, 0.05) is 5.56 Å². The summed E-state index contributed by atoms with van der Waals surface area (Å²) < 4.78 is 5.28. The van der Waals surface area contributed by atoms with Crippen LogP contribution in [0.4, 0.5) is 0 Å². The van der Waals surface area contributed by atoms with E-state index in [4.69, 9.17) is 4.74 Å². The van der Waals surface area contributed by atoms with Crippen LogP contribution in [0.3, 0.4) is 0 Å². The zero-order valence-corrected chi connectivity index (χ0v) is 13.2. The molecule has 1 N–H and O–H groups in total. The van der Waals surface area contributed by atoms with Crippen molar-refractivity contribution in [3.05, 3.63) is 71.8 Å². The first-order chi connectivity index (χ1) is 11.2. The van der Waals surface area contributed by atoms with Crippen LogP contribution in [0, 0.1) is 0 Å². The molecule has 0 unspecified atom stereocenters. The highest BCUT2D eigenvalue weighted by atomic mass is 16.5. The minimum absolute atomic E-state index is 0.299. The van der Waals surface area contributed by atoms with Gasteiger partial charge in [0.05, 0.1) is 6.61 Å². The maximum Gasteiger partial charge on any atom is 0.333 e. The summed E-state index contributed by atoms with van der Waals surface area (Å²) in [6.07, 6.45) is 1.75. The second-order valence-corrected chi connectivity index (χ2v) is 5.20. The van der Waals surface area contributed by atoms with E-state index >= 15 is 0 Å². The van der Waals surface area contributed by atoms with Gasteiger partial charge in [0.15, 0.2) is 6.04 Å². The van der Waals surface area contributed by atoms with Gasteiger partial charge in [-0.25, -0.2) is 4.79 Å². The van der Waals surface area contributed by atoms with E-state index in [-0.39, 0.29) is 5.91 Å². The molecule has 2 rings (SSSR count). The lowest BCUT2D eigenvalue weighted by molar-refractivity contribution is -0.146. The van der Waals surface area contributed by atoms with Gasteiger partial charge < -0.3 is 10.1 Å². The maximum atomic E-state index is 12.3.